The molecular weight excluding hydrogens is 466 g/mol. The Morgan fingerprint density at radius 3 is 2.61 bits per heavy atom. The number of urea groups is 1. The van der Waals surface area contributed by atoms with Gasteiger partial charge >= 0.3 is 6.03 Å². The summed E-state index contributed by atoms with van der Waals surface area (Å²) in [7, 11) is 0. The van der Waals surface area contributed by atoms with E-state index in [9.17, 15) is 4.79 Å². The van der Waals surface area contributed by atoms with E-state index in [1.165, 1.54) is 0 Å². The van der Waals surface area contributed by atoms with E-state index in [1.807, 2.05) is 0 Å². The molecule has 1 N–H and O–H groups in total. The van der Waals surface area contributed by atoms with Crippen molar-refractivity contribution in [1.82, 2.24) is 30.2 Å². The third kappa shape index (κ3) is 4.64. The Labute approximate surface area is 212 Å². The number of aromatic nitrogens is 2. The number of carbonyl (C=O) groups is 1. The number of nitrogens with zero attached hydrogens (tertiary/aromatic N) is 5. The van der Waals surface area contributed by atoms with Crippen LogP contribution in [0.5, 0.6) is 0 Å². The topological polar surface area (TPSA) is 77.7 Å². The molecule has 1 aromatic rings. The normalized spacial score (nSPS) is 35.4. The minimum Gasteiger partial charge on any atom is -0.339 e. The molecule has 2 aliphatic heterocycles. The lowest BCUT2D eigenvalue weighted by molar-refractivity contribution is -0.0978. The summed E-state index contributed by atoms with van der Waals surface area (Å²) in [6, 6.07) is -1.34. The predicted octanol–water partition coefficient (Wildman–Crippen LogP) is 3.66. The number of piperidine rings is 1. The number of amides is 2. The third-order valence-corrected chi connectivity index (χ3v) is 9.56. The van der Waals surface area contributed by atoms with Crippen LogP contribution in [0.2, 0.25) is 0 Å². The van der Waals surface area contributed by atoms with E-state index in [2.05, 4.69) is 39.1 Å². The summed E-state index contributed by atoms with van der Waals surface area (Å²) in [4.78, 5) is 24.3. The first-order valence-electron chi connectivity index (χ1n) is 14.0. The van der Waals surface area contributed by atoms with Gasteiger partial charge in [-0.1, -0.05) is 5.16 Å². The highest BCUT2D eigenvalue weighted by molar-refractivity contribution is 5.75. The summed E-state index contributed by atoms with van der Waals surface area (Å²) < 4.78 is 35.9. The van der Waals surface area contributed by atoms with Crippen LogP contribution in [0.25, 0.3) is 0 Å². The summed E-state index contributed by atoms with van der Waals surface area (Å²) in [6.45, 7) is 8.86. The number of carbonyl (C=O) groups excluding carboxylic acids is 1. The molecule has 0 aromatic carbocycles. The van der Waals surface area contributed by atoms with Gasteiger partial charge in [0.25, 0.3) is 5.92 Å². The summed E-state index contributed by atoms with van der Waals surface area (Å²) in [6.07, 6.45) is 5.21. The highest BCUT2D eigenvalue weighted by Gasteiger charge is 2.52. The molecule has 3 heterocycles. The molecule has 2 saturated heterocycles. The molecule has 8 nitrogen and oxygen atoms in total. The lowest BCUT2D eigenvalue weighted by Gasteiger charge is -2.51. The van der Waals surface area contributed by atoms with Crippen LogP contribution in [0, 0.1) is 11.8 Å². The zero-order valence-electron chi connectivity index (χ0n) is 21.5. The first-order valence-corrected chi connectivity index (χ1v) is 14.0. The Morgan fingerprint density at radius 2 is 1.89 bits per heavy atom. The van der Waals surface area contributed by atoms with Crippen molar-refractivity contribution < 1.29 is 18.1 Å². The molecule has 0 bridgehead atoms. The second-order valence-electron chi connectivity index (χ2n) is 12.1. The average molecular weight is 507 g/mol. The van der Waals surface area contributed by atoms with E-state index in [1.54, 1.807) is 4.90 Å². The monoisotopic (exact) mass is 506 g/mol. The van der Waals surface area contributed by atoms with Gasteiger partial charge < -0.3 is 14.7 Å². The quantitative estimate of drug-likeness (QED) is 0.657. The van der Waals surface area contributed by atoms with Crippen LogP contribution in [0.1, 0.15) is 82.3 Å². The number of fused-ring (bicyclic) bond motifs is 1. The molecule has 200 valence electrons. The van der Waals surface area contributed by atoms with Gasteiger partial charge in [0.05, 0.1) is 0 Å². The second-order valence-corrected chi connectivity index (χ2v) is 12.1. The summed E-state index contributed by atoms with van der Waals surface area (Å²) in [5.74, 6) is 0.0641. The lowest BCUT2D eigenvalue weighted by atomic mass is 9.61. The van der Waals surface area contributed by atoms with E-state index in [0.717, 1.165) is 63.6 Å². The minimum absolute atomic E-state index is 0.158. The largest absolute Gasteiger partial charge is 0.339 e. The van der Waals surface area contributed by atoms with Gasteiger partial charge in [-0.15, -0.1) is 0 Å². The molecule has 10 heteroatoms. The number of nitrogens with one attached hydrogen (secondary N) is 1. The molecular formula is C26H40F2N6O2. The molecule has 5 atom stereocenters. The van der Waals surface area contributed by atoms with Crippen LogP contribution in [-0.4, -0.2) is 94.2 Å². The Bertz CT molecular complexity index is 945. The molecule has 3 aliphatic carbocycles. The number of alkyl halides is 2. The number of likely N-dealkylation sites (tertiary alicyclic amines) is 1. The van der Waals surface area contributed by atoms with E-state index < -0.39 is 12.0 Å². The highest BCUT2D eigenvalue weighted by atomic mass is 19.3. The molecule has 0 radical (unpaired) electrons. The van der Waals surface area contributed by atoms with Gasteiger partial charge in [-0.2, -0.15) is 4.98 Å². The number of piperazine rings is 1. The van der Waals surface area contributed by atoms with Crippen molar-refractivity contribution in [3.05, 3.63) is 11.7 Å². The number of hydrogen-bond acceptors (Lipinski definition) is 6. The maximum absolute atomic E-state index is 15.2. The Kier molecular flexibility index (Phi) is 6.47. The number of rotatable bonds is 5. The van der Waals surface area contributed by atoms with Crippen LogP contribution >= 0.6 is 0 Å². The van der Waals surface area contributed by atoms with E-state index in [-0.39, 0.29) is 30.3 Å². The van der Waals surface area contributed by atoms with Crippen molar-refractivity contribution in [2.75, 3.05) is 39.3 Å². The molecule has 2 amide bonds. The minimum atomic E-state index is -2.89. The molecule has 5 fully saturated rings. The van der Waals surface area contributed by atoms with Gasteiger partial charge in [0.15, 0.2) is 5.82 Å². The SMILES string of the molecule is CC(C)N1CCN([C@H]2CCCC(F)(F)[C@@H]2NC(=O)N2CC[C@H]3C[C@H](c4noc(C5CC5)n4)[C@H]3C2)CC1. The van der Waals surface area contributed by atoms with Crippen molar-refractivity contribution in [1.29, 1.82) is 0 Å². The third-order valence-electron chi connectivity index (χ3n) is 9.56. The van der Waals surface area contributed by atoms with Crippen LogP contribution in [0.15, 0.2) is 4.52 Å². The Morgan fingerprint density at radius 1 is 1.11 bits per heavy atom. The Hall–Kier alpha value is -1.81. The predicted molar refractivity (Wildman–Crippen MR) is 130 cm³/mol. The molecule has 36 heavy (non-hydrogen) atoms. The maximum Gasteiger partial charge on any atom is 0.317 e. The van der Waals surface area contributed by atoms with E-state index in [0.29, 0.717) is 43.8 Å². The van der Waals surface area contributed by atoms with Gasteiger partial charge in [0.2, 0.25) is 5.89 Å². The zero-order valence-corrected chi connectivity index (χ0v) is 21.5. The van der Waals surface area contributed by atoms with Gasteiger partial charge in [0.1, 0.15) is 6.04 Å². The standard InChI is InChI=1S/C26H40F2N6O2/c1-16(2)32-10-12-33(13-11-32)21-4-3-8-26(27,28)22(21)29-25(35)34-9-7-18-14-19(20(18)15-34)23-30-24(36-31-23)17-5-6-17/h16-22H,3-15H2,1-2H3,(H,29,35)/t18-,19-,20-,21-,22+/m0/s1. The first kappa shape index (κ1) is 24.5. The molecule has 3 saturated carbocycles. The van der Waals surface area contributed by atoms with Crippen molar-refractivity contribution in [3.63, 3.8) is 0 Å². The summed E-state index contributed by atoms with van der Waals surface area (Å²) in [5.41, 5.74) is 0. The van der Waals surface area contributed by atoms with Crippen molar-refractivity contribution in [2.24, 2.45) is 11.8 Å². The van der Waals surface area contributed by atoms with Gasteiger partial charge in [-0.25, -0.2) is 13.6 Å². The molecule has 1 aromatic heterocycles. The summed E-state index contributed by atoms with van der Waals surface area (Å²) in [5, 5.41) is 7.07. The van der Waals surface area contributed by atoms with Crippen molar-refractivity contribution >= 4 is 6.03 Å². The fourth-order valence-electron chi connectivity index (χ4n) is 7.01. The van der Waals surface area contributed by atoms with Crippen LogP contribution < -0.4 is 5.32 Å². The van der Waals surface area contributed by atoms with Crippen LogP contribution in [0.3, 0.4) is 0 Å². The maximum atomic E-state index is 15.2. The smallest absolute Gasteiger partial charge is 0.317 e. The second kappa shape index (κ2) is 9.49. The van der Waals surface area contributed by atoms with Gasteiger partial charge in [-0.3, -0.25) is 9.80 Å². The molecule has 5 aliphatic rings. The highest BCUT2D eigenvalue weighted by Crippen LogP contribution is 2.51. The first-order chi connectivity index (χ1) is 17.3. The van der Waals surface area contributed by atoms with E-state index >= 15 is 8.78 Å². The zero-order chi connectivity index (χ0) is 25.0. The van der Waals surface area contributed by atoms with Crippen LogP contribution in [0.4, 0.5) is 13.6 Å². The fraction of sp³-hybridized carbons (Fsp3) is 0.885. The molecule has 6 rings (SSSR count). The van der Waals surface area contributed by atoms with Crippen molar-refractivity contribution in [3.8, 4) is 0 Å². The Balaban J connectivity index is 1.10. The lowest BCUT2D eigenvalue weighted by Crippen LogP contribution is -2.66. The van der Waals surface area contributed by atoms with Crippen molar-refractivity contribution in [2.45, 2.75) is 94.7 Å². The average Bonchev–Trinajstić information content (AvgIpc) is 3.59. The number of hydrogen-bond donors (Lipinski definition) is 1. The number of halogens is 2. The summed E-state index contributed by atoms with van der Waals surface area (Å²) >= 11 is 0. The fourth-order valence-corrected chi connectivity index (χ4v) is 7.01. The van der Waals surface area contributed by atoms with Gasteiger partial charge in [0, 0.05) is 69.6 Å². The van der Waals surface area contributed by atoms with Gasteiger partial charge in [-0.05, 0) is 64.2 Å². The van der Waals surface area contributed by atoms with Crippen LogP contribution in [-0.2, 0) is 0 Å². The molecule has 0 unspecified atom stereocenters. The molecule has 0 spiro atoms. The van der Waals surface area contributed by atoms with E-state index in [4.69, 9.17) is 4.52 Å².